The summed E-state index contributed by atoms with van der Waals surface area (Å²) >= 11 is 2.23. The Hall–Kier alpha value is -0.780. The predicted octanol–water partition coefficient (Wildman–Crippen LogP) is 2.81. The van der Waals surface area contributed by atoms with Gasteiger partial charge in [-0.1, -0.05) is 0 Å². The molecule has 0 aliphatic carbocycles. The molecule has 1 rings (SSSR count). The Morgan fingerprint density at radius 2 is 1.87 bits per heavy atom. The van der Waals surface area contributed by atoms with Crippen LogP contribution in [0.2, 0.25) is 0 Å². The van der Waals surface area contributed by atoms with E-state index in [1.807, 2.05) is 31.2 Å². The van der Waals surface area contributed by atoms with Crippen LogP contribution >= 0.6 is 22.6 Å². The van der Waals surface area contributed by atoms with Crippen molar-refractivity contribution in [2.24, 2.45) is 5.92 Å². The standard InChI is InChI=1S/C11H14INO2/c1-7(11(14)15)8(2)13-10-5-3-9(12)4-6-10/h3-8,13H,1-2H3,(H,14,15). The largest absolute Gasteiger partial charge is 0.481 e. The van der Waals surface area contributed by atoms with Crippen LogP contribution in [-0.4, -0.2) is 17.1 Å². The quantitative estimate of drug-likeness (QED) is 0.839. The third kappa shape index (κ3) is 3.70. The summed E-state index contributed by atoms with van der Waals surface area (Å²) in [6.45, 7) is 3.57. The van der Waals surface area contributed by atoms with Crippen LogP contribution in [0.1, 0.15) is 13.8 Å². The van der Waals surface area contributed by atoms with E-state index in [0.29, 0.717) is 0 Å². The topological polar surface area (TPSA) is 49.3 Å². The zero-order chi connectivity index (χ0) is 11.4. The fraction of sp³-hybridized carbons (Fsp3) is 0.364. The molecule has 15 heavy (non-hydrogen) atoms. The fourth-order valence-corrected chi connectivity index (χ4v) is 1.51. The Morgan fingerprint density at radius 3 is 2.33 bits per heavy atom. The summed E-state index contributed by atoms with van der Waals surface area (Å²) in [6.07, 6.45) is 0. The molecular formula is C11H14INO2. The van der Waals surface area contributed by atoms with Crippen LogP contribution in [0, 0.1) is 9.49 Å². The molecule has 0 bridgehead atoms. The number of anilines is 1. The molecule has 0 saturated heterocycles. The van der Waals surface area contributed by atoms with Gasteiger partial charge in [-0.3, -0.25) is 4.79 Å². The summed E-state index contributed by atoms with van der Waals surface area (Å²) in [7, 11) is 0. The van der Waals surface area contributed by atoms with Gasteiger partial charge in [0.15, 0.2) is 0 Å². The summed E-state index contributed by atoms with van der Waals surface area (Å²) in [5, 5.41) is 12.0. The first kappa shape index (κ1) is 12.3. The molecule has 0 radical (unpaired) electrons. The summed E-state index contributed by atoms with van der Waals surface area (Å²) in [5.41, 5.74) is 0.955. The highest BCUT2D eigenvalue weighted by Crippen LogP contribution is 2.15. The molecular weight excluding hydrogens is 305 g/mol. The molecule has 4 heteroatoms. The molecule has 82 valence electrons. The number of rotatable bonds is 4. The molecule has 2 atom stereocenters. The average Bonchev–Trinajstić information content (AvgIpc) is 2.20. The van der Waals surface area contributed by atoms with Gasteiger partial charge in [-0.25, -0.2) is 0 Å². The van der Waals surface area contributed by atoms with Crippen LogP contribution < -0.4 is 5.32 Å². The second-order valence-electron chi connectivity index (χ2n) is 3.57. The first-order chi connectivity index (χ1) is 7.00. The van der Waals surface area contributed by atoms with Crippen molar-refractivity contribution in [3.05, 3.63) is 27.8 Å². The SMILES string of the molecule is CC(Nc1ccc(I)cc1)C(C)C(=O)O. The Morgan fingerprint density at radius 1 is 1.33 bits per heavy atom. The summed E-state index contributed by atoms with van der Waals surface area (Å²) < 4.78 is 1.16. The molecule has 0 aliphatic heterocycles. The summed E-state index contributed by atoms with van der Waals surface area (Å²) in [4.78, 5) is 10.7. The van der Waals surface area contributed by atoms with Crippen LogP contribution in [0.15, 0.2) is 24.3 Å². The van der Waals surface area contributed by atoms with Crippen LogP contribution in [-0.2, 0) is 4.79 Å². The lowest BCUT2D eigenvalue weighted by molar-refractivity contribution is -0.141. The molecule has 1 aromatic rings. The van der Waals surface area contributed by atoms with Gasteiger partial charge in [0.25, 0.3) is 0 Å². The molecule has 0 aromatic heterocycles. The molecule has 0 amide bonds. The lowest BCUT2D eigenvalue weighted by atomic mass is 10.0. The molecule has 2 N–H and O–H groups in total. The Labute approximate surface area is 103 Å². The van der Waals surface area contributed by atoms with E-state index in [1.54, 1.807) is 6.92 Å². The maximum atomic E-state index is 10.7. The molecule has 0 heterocycles. The van der Waals surface area contributed by atoms with Gasteiger partial charge in [0.05, 0.1) is 5.92 Å². The first-order valence-corrected chi connectivity index (χ1v) is 5.83. The van der Waals surface area contributed by atoms with E-state index >= 15 is 0 Å². The van der Waals surface area contributed by atoms with Gasteiger partial charge in [-0.15, -0.1) is 0 Å². The average molecular weight is 319 g/mol. The molecule has 3 nitrogen and oxygen atoms in total. The van der Waals surface area contributed by atoms with Crippen molar-refractivity contribution in [2.75, 3.05) is 5.32 Å². The molecule has 0 aliphatic rings. The van der Waals surface area contributed by atoms with Crippen molar-refractivity contribution in [1.82, 2.24) is 0 Å². The van der Waals surface area contributed by atoms with Gasteiger partial charge in [0, 0.05) is 15.3 Å². The maximum Gasteiger partial charge on any atom is 0.308 e. The van der Waals surface area contributed by atoms with E-state index in [9.17, 15) is 4.79 Å². The maximum absolute atomic E-state index is 10.7. The molecule has 0 spiro atoms. The smallest absolute Gasteiger partial charge is 0.308 e. The Balaban J connectivity index is 2.62. The van der Waals surface area contributed by atoms with E-state index in [4.69, 9.17) is 5.11 Å². The molecule has 2 unspecified atom stereocenters. The van der Waals surface area contributed by atoms with Crippen LogP contribution in [0.25, 0.3) is 0 Å². The third-order valence-electron chi connectivity index (χ3n) is 2.38. The van der Waals surface area contributed by atoms with E-state index in [2.05, 4.69) is 27.9 Å². The predicted molar refractivity (Wildman–Crippen MR) is 69.0 cm³/mol. The van der Waals surface area contributed by atoms with Gasteiger partial charge < -0.3 is 10.4 Å². The van der Waals surface area contributed by atoms with Crippen molar-refractivity contribution in [3.8, 4) is 0 Å². The van der Waals surface area contributed by atoms with E-state index in [1.165, 1.54) is 0 Å². The number of benzene rings is 1. The highest BCUT2D eigenvalue weighted by molar-refractivity contribution is 14.1. The zero-order valence-electron chi connectivity index (χ0n) is 8.70. The number of carbonyl (C=O) groups is 1. The van der Waals surface area contributed by atoms with Gasteiger partial charge in [0.2, 0.25) is 0 Å². The van der Waals surface area contributed by atoms with Crippen molar-refractivity contribution in [3.63, 3.8) is 0 Å². The Bertz CT molecular complexity index is 337. The number of hydrogen-bond acceptors (Lipinski definition) is 2. The third-order valence-corrected chi connectivity index (χ3v) is 3.10. The molecule has 0 saturated carbocycles. The minimum atomic E-state index is -0.777. The van der Waals surface area contributed by atoms with Gasteiger partial charge >= 0.3 is 5.97 Å². The van der Waals surface area contributed by atoms with Gasteiger partial charge in [0.1, 0.15) is 0 Å². The molecule has 0 fully saturated rings. The van der Waals surface area contributed by atoms with Gasteiger partial charge in [-0.05, 0) is 60.7 Å². The lowest BCUT2D eigenvalue weighted by Crippen LogP contribution is -2.29. The number of aliphatic carboxylic acids is 1. The van der Waals surface area contributed by atoms with Crippen LogP contribution in [0.3, 0.4) is 0 Å². The number of halogens is 1. The molecule has 1 aromatic carbocycles. The normalized spacial score (nSPS) is 14.3. The van der Waals surface area contributed by atoms with E-state index in [-0.39, 0.29) is 6.04 Å². The zero-order valence-corrected chi connectivity index (χ0v) is 10.9. The number of carboxylic acids is 1. The lowest BCUT2D eigenvalue weighted by Gasteiger charge is -2.18. The second kappa shape index (κ2) is 5.34. The monoisotopic (exact) mass is 319 g/mol. The van der Waals surface area contributed by atoms with E-state index < -0.39 is 11.9 Å². The summed E-state index contributed by atoms with van der Waals surface area (Å²) in [6, 6.07) is 7.80. The van der Waals surface area contributed by atoms with E-state index in [0.717, 1.165) is 9.26 Å². The number of carboxylic acid groups (broad SMARTS) is 1. The van der Waals surface area contributed by atoms with Crippen LogP contribution in [0.4, 0.5) is 5.69 Å². The Kier molecular flexibility index (Phi) is 4.38. The van der Waals surface area contributed by atoms with Gasteiger partial charge in [-0.2, -0.15) is 0 Å². The second-order valence-corrected chi connectivity index (χ2v) is 4.81. The minimum Gasteiger partial charge on any atom is -0.481 e. The highest BCUT2D eigenvalue weighted by atomic mass is 127. The van der Waals surface area contributed by atoms with Crippen LogP contribution in [0.5, 0.6) is 0 Å². The van der Waals surface area contributed by atoms with Crippen molar-refractivity contribution in [2.45, 2.75) is 19.9 Å². The fourth-order valence-electron chi connectivity index (χ4n) is 1.15. The van der Waals surface area contributed by atoms with Crippen molar-refractivity contribution < 1.29 is 9.90 Å². The van der Waals surface area contributed by atoms with Crippen molar-refractivity contribution >= 4 is 34.2 Å². The summed E-state index contributed by atoms with van der Waals surface area (Å²) in [5.74, 6) is -1.18. The first-order valence-electron chi connectivity index (χ1n) is 4.75. The minimum absolute atomic E-state index is 0.0810. The highest BCUT2D eigenvalue weighted by Gasteiger charge is 2.18. The van der Waals surface area contributed by atoms with Crippen molar-refractivity contribution in [1.29, 1.82) is 0 Å². The number of nitrogens with one attached hydrogen (secondary N) is 1. The number of hydrogen-bond donors (Lipinski definition) is 2.